The van der Waals surface area contributed by atoms with Gasteiger partial charge in [-0.05, 0) is 38.2 Å². The fourth-order valence-electron chi connectivity index (χ4n) is 2.79. The van der Waals surface area contributed by atoms with Crippen molar-refractivity contribution in [2.24, 2.45) is 5.92 Å². The first-order valence-electron chi connectivity index (χ1n) is 7.18. The molecule has 0 radical (unpaired) electrons. The summed E-state index contributed by atoms with van der Waals surface area (Å²) in [5, 5.41) is 3.32. The Morgan fingerprint density at radius 2 is 2.16 bits per heavy atom. The van der Waals surface area contributed by atoms with Crippen LogP contribution < -0.4 is 10.2 Å². The molecular weight excluding hydrogens is 236 g/mol. The summed E-state index contributed by atoms with van der Waals surface area (Å²) in [7, 11) is 4.33. The maximum atomic E-state index is 4.61. The number of aromatic nitrogens is 1. The predicted molar refractivity (Wildman–Crippen MR) is 80.5 cm³/mol. The van der Waals surface area contributed by atoms with Gasteiger partial charge in [0, 0.05) is 31.9 Å². The van der Waals surface area contributed by atoms with Crippen LogP contribution in [0.5, 0.6) is 0 Å². The zero-order valence-corrected chi connectivity index (χ0v) is 12.6. The number of hydrogen-bond donors (Lipinski definition) is 1. The van der Waals surface area contributed by atoms with Gasteiger partial charge in [-0.2, -0.15) is 0 Å². The van der Waals surface area contributed by atoms with Crippen molar-refractivity contribution in [2.45, 2.75) is 26.4 Å². The molecular formula is C15H26N4. The third-order valence-electron chi connectivity index (χ3n) is 3.95. The number of anilines is 1. The van der Waals surface area contributed by atoms with Crippen molar-refractivity contribution in [1.82, 2.24) is 15.2 Å². The number of rotatable bonds is 5. The lowest BCUT2D eigenvalue weighted by Crippen LogP contribution is -2.34. The highest BCUT2D eigenvalue weighted by Crippen LogP contribution is 2.24. The van der Waals surface area contributed by atoms with E-state index in [9.17, 15) is 0 Å². The topological polar surface area (TPSA) is 31.4 Å². The fraction of sp³-hybridized carbons (Fsp3) is 0.667. The molecule has 0 amide bonds. The number of nitrogens with one attached hydrogen (secondary N) is 1. The molecule has 1 aliphatic heterocycles. The lowest BCUT2D eigenvalue weighted by atomic mass is 10.1. The van der Waals surface area contributed by atoms with Crippen molar-refractivity contribution in [1.29, 1.82) is 0 Å². The lowest BCUT2D eigenvalue weighted by Gasteiger charge is -2.22. The predicted octanol–water partition coefficient (Wildman–Crippen LogP) is 1.58. The Kier molecular flexibility index (Phi) is 4.77. The zero-order valence-electron chi connectivity index (χ0n) is 12.6. The van der Waals surface area contributed by atoms with E-state index in [-0.39, 0.29) is 0 Å². The summed E-state index contributed by atoms with van der Waals surface area (Å²) in [6.07, 6.45) is 1.99. The van der Waals surface area contributed by atoms with Gasteiger partial charge in [-0.15, -0.1) is 0 Å². The van der Waals surface area contributed by atoms with Gasteiger partial charge >= 0.3 is 0 Å². The second-order valence-electron chi connectivity index (χ2n) is 5.72. The molecule has 19 heavy (non-hydrogen) atoms. The van der Waals surface area contributed by atoms with Crippen LogP contribution in [0, 0.1) is 5.92 Å². The highest BCUT2D eigenvalue weighted by molar-refractivity contribution is 5.41. The molecule has 0 aliphatic carbocycles. The Balaban J connectivity index is 1.99. The van der Waals surface area contributed by atoms with Gasteiger partial charge in [0.1, 0.15) is 5.82 Å². The molecule has 2 unspecified atom stereocenters. The molecule has 0 aromatic carbocycles. The van der Waals surface area contributed by atoms with E-state index in [1.165, 1.54) is 5.56 Å². The van der Waals surface area contributed by atoms with Gasteiger partial charge in [-0.3, -0.25) is 0 Å². The van der Waals surface area contributed by atoms with E-state index in [1.807, 2.05) is 6.20 Å². The maximum absolute atomic E-state index is 4.61. The van der Waals surface area contributed by atoms with Crippen molar-refractivity contribution in [2.75, 3.05) is 38.6 Å². The van der Waals surface area contributed by atoms with Crippen LogP contribution in [0.3, 0.4) is 0 Å². The van der Waals surface area contributed by atoms with Crippen LogP contribution in [0.4, 0.5) is 5.82 Å². The molecule has 0 saturated carbocycles. The molecule has 1 N–H and O–H groups in total. The SMILES string of the molecule is CCNCc1ccc(N2CC(C)C(N(C)C)C2)nc1. The van der Waals surface area contributed by atoms with Crippen LogP contribution >= 0.6 is 0 Å². The summed E-state index contributed by atoms with van der Waals surface area (Å²) in [5.41, 5.74) is 1.25. The van der Waals surface area contributed by atoms with Crippen molar-refractivity contribution < 1.29 is 0 Å². The minimum absolute atomic E-state index is 0.628. The summed E-state index contributed by atoms with van der Waals surface area (Å²) < 4.78 is 0. The van der Waals surface area contributed by atoms with Crippen LogP contribution in [-0.4, -0.2) is 49.7 Å². The Labute approximate surface area is 116 Å². The molecule has 2 rings (SSSR count). The number of nitrogens with zero attached hydrogens (tertiary/aromatic N) is 3. The van der Waals surface area contributed by atoms with Crippen LogP contribution in [0.15, 0.2) is 18.3 Å². The van der Waals surface area contributed by atoms with Gasteiger partial charge in [0.2, 0.25) is 0 Å². The van der Waals surface area contributed by atoms with Crippen molar-refractivity contribution in [3.05, 3.63) is 23.9 Å². The molecule has 2 atom stereocenters. The van der Waals surface area contributed by atoms with E-state index in [1.54, 1.807) is 0 Å². The van der Waals surface area contributed by atoms with Crippen molar-refractivity contribution in [3.8, 4) is 0 Å². The summed E-state index contributed by atoms with van der Waals surface area (Å²) in [5.74, 6) is 1.80. The third-order valence-corrected chi connectivity index (χ3v) is 3.95. The van der Waals surface area contributed by atoms with E-state index in [4.69, 9.17) is 0 Å². The molecule has 1 aromatic heterocycles. The van der Waals surface area contributed by atoms with Crippen LogP contribution in [0.2, 0.25) is 0 Å². The number of likely N-dealkylation sites (N-methyl/N-ethyl adjacent to an activating group) is 1. The van der Waals surface area contributed by atoms with E-state index in [2.05, 4.69) is 60.2 Å². The molecule has 2 heterocycles. The minimum atomic E-state index is 0.628. The van der Waals surface area contributed by atoms with E-state index in [0.29, 0.717) is 12.0 Å². The molecule has 106 valence electrons. The lowest BCUT2D eigenvalue weighted by molar-refractivity contribution is 0.266. The first-order valence-corrected chi connectivity index (χ1v) is 7.18. The molecule has 0 spiro atoms. The maximum Gasteiger partial charge on any atom is 0.128 e. The highest BCUT2D eigenvalue weighted by atomic mass is 15.3. The normalized spacial score (nSPS) is 23.3. The second kappa shape index (κ2) is 6.35. The smallest absolute Gasteiger partial charge is 0.128 e. The van der Waals surface area contributed by atoms with E-state index >= 15 is 0 Å². The van der Waals surface area contributed by atoms with Gasteiger partial charge in [-0.1, -0.05) is 19.9 Å². The molecule has 4 nitrogen and oxygen atoms in total. The van der Waals surface area contributed by atoms with Gasteiger partial charge in [0.05, 0.1) is 0 Å². The van der Waals surface area contributed by atoms with Gasteiger partial charge < -0.3 is 15.1 Å². The first kappa shape index (κ1) is 14.3. The zero-order chi connectivity index (χ0) is 13.8. The summed E-state index contributed by atoms with van der Waals surface area (Å²) in [6.45, 7) is 8.52. The Morgan fingerprint density at radius 1 is 1.37 bits per heavy atom. The van der Waals surface area contributed by atoms with Crippen LogP contribution in [0.1, 0.15) is 19.4 Å². The average molecular weight is 262 g/mol. The van der Waals surface area contributed by atoms with E-state index in [0.717, 1.165) is 32.0 Å². The molecule has 1 aliphatic rings. The standard InChI is InChI=1S/C15H26N4/c1-5-16-8-13-6-7-15(17-9-13)19-10-12(2)14(11-19)18(3)4/h6-7,9,12,14,16H,5,8,10-11H2,1-4H3. The van der Waals surface area contributed by atoms with Gasteiger partial charge in [0.15, 0.2) is 0 Å². The quantitative estimate of drug-likeness (QED) is 0.873. The summed E-state index contributed by atoms with van der Waals surface area (Å²) >= 11 is 0. The largest absolute Gasteiger partial charge is 0.355 e. The van der Waals surface area contributed by atoms with Crippen molar-refractivity contribution in [3.63, 3.8) is 0 Å². The van der Waals surface area contributed by atoms with Gasteiger partial charge in [0.25, 0.3) is 0 Å². The first-order chi connectivity index (χ1) is 9.11. The highest BCUT2D eigenvalue weighted by Gasteiger charge is 2.31. The monoisotopic (exact) mass is 262 g/mol. The molecule has 4 heteroatoms. The molecule has 1 aromatic rings. The number of pyridine rings is 1. The third kappa shape index (κ3) is 3.45. The number of hydrogen-bond acceptors (Lipinski definition) is 4. The minimum Gasteiger partial charge on any atom is -0.355 e. The molecule has 1 fully saturated rings. The fourth-order valence-corrected chi connectivity index (χ4v) is 2.79. The van der Waals surface area contributed by atoms with Crippen LogP contribution in [-0.2, 0) is 6.54 Å². The Morgan fingerprint density at radius 3 is 2.68 bits per heavy atom. The molecule has 0 bridgehead atoms. The van der Waals surface area contributed by atoms with Crippen LogP contribution in [0.25, 0.3) is 0 Å². The summed E-state index contributed by atoms with van der Waals surface area (Å²) in [6, 6.07) is 4.96. The van der Waals surface area contributed by atoms with Gasteiger partial charge in [-0.25, -0.2) is 4.98 Å². The molecule has 1 saturated heterocycles. The Hall–Kier alpha value is -1.13. The van der Waals surface area contributed by atoms with E-state index < -0.39 is 0 Å². The van der Waals surface area contributed by atoms with Crippen molar-refractivity contribution >= 4 is 5.82 Å². The second-order valence-corrected chi connectivity index (χ2v) is 5.72. The Bertz CT molecular complexity index is 388. The summed E-state index contributed by atoms with van der Waals surface area (Å²) in [4.78, 5) is 9.33. The average Bonchev–Trinajstić information content (AvgIpc) is 2.79.